The molecule has 3 heterocycles. The molecule has 0 radical (unpaired) electrons. The van der Waals surface area contributed by atoms with Crippen LogP contribution in [0.2, 0.25) is 0 Å². The third-order valence-corrected chi connectivity index (χ3v) is 5.50. The Kier molecular flexibility index (Phi) is 4.82. The topological polar surface area (TPSA) is 99.8 Å². The molecule has 1 saturated heterocycles. The van der Waals surface area contributed by atoms with E-state index in [1.807, 2.05) is 36.4 Å². The minimum Gasteiger partial charge on any atom is -0.457 e. The Morgan fingerprint density at radius 2 is 1.84 bits per heavy atom. The summed E-state index contributed by atoms with van der Waals surface area (Å²) in [5, 5.41) is 0. The molecule has 1 amide bonds. The van der Waals surface area contributed by atoms with Crippen LogP contribution in [0, 0.1) is 0 Å². The summed E-state index contributed by atoms with van der Waals surface area (Å²) < 4.78 is 16.6. The van der Waals surface area contributed by atoms with E-state index in [1.54, 1.807) is 12.1 Å². The number of nitrogens with two attached hydrogens (primary N) is 1. The summed E-state index contributed by atoms with van der Waals surface area (Å²) in [6, 6.07) is 14.8. The number of primary amides is 1. The van der Waals surface area contributed by atoms with E-state index in [9.17, 15) is 4.79 Å². The van der Waals surface area contributed by atoms with Crippen molar-refractivity contribution in [2.24, 2.45) is 5.73 Å². The molecule has 1 aromatic heterocycles. The van der Waals surface area contributed by atoms with Gasteiger partial charge in [0, 0.05) is 30.3 Å². The van der Waals surface area contributed by atoms with E-state index in [1.165, 1.54) is 0 Å². The lowest BCUT2D eigenvalue weighted by Gasteiger charge is -2.23. The van der Waals surface area contributed by atoms with Crippen molar-refractivity contribution in [1.29, 1.82) is 0 Å². The third kappa shape index (κ3) is 3.84. The number of rotatable bonds is 5. The van der Waals surface area contributed by atoms with Crippen LogP contribution in [-0.4, -0.2) is 35.3 Å². The second kappa shape index (κ2) is 7.79. The average molecular weight is 418 g/mol. The number of ether oxygens (including phenoxy) is 3. The van der Waals surface area contributed by atoms with Crippen LogP contribution in [0.1, 0.15) is 30.3 Å². The number of benzene rings is 2. The van der Waals surface area contributed by atoms with Gasteiger partial charge in [-0.05, 0) is 56.2 Å². The quantitative estimate of drug-likeness (QED) is 0.673. The highest BCUT2D eigenvalue weighted by Gasteiger charge is 2.23. The van der Waals surface area contributed by atoms with Crippen LogP contribution >= 0.6 is 0 Å². The van der Waals surface area contributed by atoms with Gasteiger partial charge in [-0.3, -0.25) is 4.79 Å². The molecule has 3 aromatic rings. The van der Waals surface area contributed by atoms with E-state index in [4.69, 9.17) is 24.9 Å². The summed E-state index contributed by atoms with van der Waals surface area (Å²) >= 11 is 0. The highest BCUT2D eigenvalue weighted by atomic mass is 16.7. The Bertz CT molecular complexity index is 1130. The molecule has 2 N–H and O–H groups in total. The van der Waals surface area contributed by atoms with Crippen LogP contribution in [-0.2, 0) is 0 Å². The van der Waals surface area contributed by atoms with E-state index < -0.39 is 5.91 Å². The summed E-state index contributed by atoms with van der Waals surface area (Å²) in [5.74, 6) is 3.28. The van der Waals surface area contributed by atoms with Gasteiger partial charge in [0.25, 0.3) is 5.91 Å². The first-order valence-electron chi connectivity index (χ1n) is 10.2. The molecule has 0 aliphatic carbocycles. The van der Waals surface area contributed by atoms with Crippen LogP contribution in [0.5, 0.6) is 23.0 Å². The molecule has 31 heavy (non-hydrogen) atoms. The van der Waals surface area contributed by atoms with E-state index in [-0.39, 0.29) is 12.5 Å². The first-order valence-corrected chi connectivity index (χ1v) is 10.2. The summed E-state index contributed by atoms with van der Waals surface area (Å²) in [6.07, 6.45) is 2.19. The van der Waals surface area contributed by atoms with E-state index >= 15 is 0 Å². The van der Waals surface area contributed by atoms with Gasteiger partial charge in [0.2, 0.25) is 6.79 Å². The summed E-state index contributed by atoms with van der Waals surface area (Å²) in [4.78, 5) is 23.1. The summed E-state index contributed by atoms with van der Waals surface area (Å²) in [6.45, 7) is 3.27. The Morgan fingerprint density at radius 3 is 2.58 bits per heavy atom. The molecular formula is C23H22N4O4. The van der Waals surface area contributed by atoms with Crippen LogP contribution in [0.4, 0.5) is 5.82 Å². The van der Waals surface area contributed by atoms with Gasteiger partial charge in [-0.1, -0.05) is 0 Å². The number of aromatic nitrogens is 2. The highest BCUT2D eigenvalue weighted by Crippen LogP contribution is 2.37. The molecule has 158 valence electrons. The minimum absolute atomic E-state index is 0.208. The second-order valence-corrected chi connectivity index (χ2v) is 7.63. The van der Waals surface area contributed by atoms with Crippen LogP contribution in [0.25, 0.3) is 11.4 Å². The summed E-state index contributed by atoms with van der Waals surface area (Å²) in [7, 11) is 0. The van der Waals surface area contributed by atoms with Crippen molar-refractivity contribution in [1.82, 2.24) is 9.97 Å². The van der Waals surface area contributed by atoms with Gasteiger partial charge in [-0.15, -0.1) is 0 Å². The fourth-order valence-electron chi connectivity index (χ4n) is 3.86. The lowest BCUT2D eigenvalue weighted by molar-refractivity contribution is 0.0995. The zero-order chi connectivity index (χ0) is 21.4. The van der Waals surface area contributed by atoms with Gasteiger partial charge in [0.1, 0.15) is 23.0 Å². The molecule has 0 bridgehead atoms. The van der Waals surface area contributed by atoms with Gasteiger partial charge in [0.05, 0.1) is 0 Å². The molecular weight excluding hydrogens is 396 g/mol. The molecule has 1 unspecified atom stereocenters. The fourth-order valence-corrected chi connectivity index (χ4v) is 3.86. The lowest BCUT2D eigenvalue weighted by Crippen LogP contribution is -2.28. The maximum absolute atomic E-state index is 11.8. The number of amides is 1. The number of carbonyl (C=O) groups is 1. The largest absolute Gasteiger partial charge is 0.457 e. The van der Waals surface area contributed by atoms with Gasteiger partial charge < -0.3 is 24.8 Å². The van der Waals surface area contributed by atoms with E-state index in [0.717, 1.165) is 30.8 Å². The molecule has 2 aliphatic rings. The first kappa shape index (κ1) is 19.2. The Balaban J connectivity index is 1.41. The fraction of sp³-hybridized carbons (Fsp3) is 0.261. The molecule has 8 heteroatoms. The van der Waals surface area contributed by atoms with Crippen molar-refractivity contribution >= 4 is 11.7 Å². The molecule has 1 atom stereocenters. The molecule has 5 rings (SSSR count). The lowest BCUT2D eigenvalue weighted by atomic mass is 10.2. The standard InChI is InChI=1S/C23H22N4O4/c1-14-3-2-10-27(14)21-12-18(22(24)28)25-23(26-21)15-4-6-16(7-5-15)31-17-8-9-19-20(11-17)30-13-29-19/h4-9,11-12,14H,2-3,10,13H2,1H3,(H2,24,28). The third-order valence-electron chi connectivity index (χ3n) is 5.50. The minimum atomic E-state index is -0.570. The second-order valence-electron chi connectivity index (χ2n) is 7.63. The van der Waals surface area contributed by atoms with Gasteiger partial charge in [0.15, 0.2) is 17.3 Å². The van der Waals surface area contributed by atoms with Crippen LogP contribution in [0.3, 0.4) is 0 Å². The van der Waals surface area contributed by atoms with Gasteiger partial charge in [-0.25, -0.2) is 9.97 Å². The Morgan fingerprint density at radius 1 is 1.06 bits per heavy atom. The predicted molar refractivity (Wildman–Crippen MR) is 115 cm³/mol. The highest BCUT2D eigenvalue weighted by molar-refractivity contribution is 5.92. The van der Waals surface area contributed by atoms with E-state index in [2.05, 4.69) is 16.8 Å². The van der Waals surface area contributed by atoms with Crippen LogP contribution in [0.15, 0.2) is 48.5 Å². The molecule has 0 saturated carbocycles. The number of hydrogen-bond donors (Lipinski definition) is 1. The molecule has 2 aromatic carbocycles. The van der Waals surface area contributed by atoms with Gasteiger partial charge >= 0.3 is 0 Å². The molecule has 2 aliphatic heterocycles. The summed E-state index contributed by atoms with van der Waals surface area (Å²) in [5.41, 5.74) is 6.51. The normalized spacial score (nSPS) is 17.1. The number of carbonyl (C=O) groups excluding carboxylic acids is 1. The van der Waals surface area contributed by atoms with Crippen molar-refractivity contribution in [3.8, 4) is 34.4 Å². The SMILES string of the molecule is CC1CCCN1c1cc(C(N)=O)nc(-c2ccc(Oc3ccc4c(c3)OCO4)cc2)n1. The molecule has 1 fully saturated rings. The monoisotopic (exact) mass is 418 g/mol. The maximum atomic E-state index is 11.8. The predicted octanol–water partition coefficient (Wildman–Crippen LogP) is 3.75. The average Bonchev–Trinajstić information content (AvgIpc) is 3.42. The smallest absolute Gasteiger partial charge is 0.267 e. The zero-order valence-electron chi connectivity index (χ0n) is 17.1. The van der Waals surface area contributed by atoms with Crippen LogP contribution < -0.4 is 24.8 Å². The number of hydrogen-bond acceptors (Lipinski definition) is 7. The van der Waals surface area contributed by atoms with Gasteiger partial charge in [-0.2, -0.15) is 0 Å². The zero-order valence-corrected chi connectivity index (χ0v) is 17.1. The number of nitrogens with zero attached hydrogens (tertiary/aromatic N) is 3. The molecule has 0 spiro atoms. The van der Waals surface area contributed by atoms with Crippen molar-refractivity contribution in [3.05, 3.63) is 54.2 Å². The number of anilines is 1. The van der Waals surface area contributed by atoms with Crippen molar-refractivity contribution in [3.63, 3.8) is 0 Å². The van der Waals surface area contributed by atoms with Crippen molar-refractivity contribution in [2.75, 3.05) is 18.2 Å². The maximum Gasteiger partial charge on any atom is 0.267 e. The van der Waals surface area contributed by atoms with Crippen molar-refractivity contribution < 1.29 is 19.0 Å². The van der Waals surface area contributed by atoms with Crippen molar-refractivity contribution in [2.45, 2.75) is 25.8 Å². The number of fused-ring (bicyclic) bond motifs is 1. The molecule has 8 nitrogen and oxygen atoms in total. The van der Waals surface area contributed by atoms with E-state index in [0.29, 0.717) is 34.9 Å². The Hall–Kier alpha value is -3.81. The Labute approximate surface area is 179 Å². The first-order chi connectivity index (χ1) is 15.1.